The Hall–Kier alpha value is -5.69. The van der Waals surface area contributed by atoms with E-state index >= 15 is 0 Å². The quantitative estimate of drug-likeness (QED) is 0.183. The molecule has 1 aliphatic carbocycles. The molecule has 0 amide bonds. The largest absolute Gasteiger partial charge is 0.488 e. The third kappa shape index (κ3) is 5.31. The molecule has 6 aromatic carbocycles. The number of fused-ring (bicyclic) bond motifs is 3. The summed E-state index contributed by atoms with van der Waals surface area (Å²) in [5.41, 5.74) is 12.4. The Balaban J connectivity index is 1.21. The standard InChI is InChI=1S/C42H32BN3O2/c1-42(2)37-11-7-6-10-35(37)36-25-22-33(26-38(36)42)41-45-39(31-16-12-28(13-17-31)27-8-4-3-5-9-27)44-40(46-41)32-18-14-29(15-19-32)30-20-23-34(24-21-30)43(47)48/h3-26,47-48H,1-2H3. The first-order chi connectivity index (χ1) is 23.3. The molecular formula is C42H32BN3O2. The summed E-state index contributed by atoms with van der Waals surface area (Å²) in [7, 11) is -1.49. The van der Waals surface area contributed by atoms with Crippen LogP contribution in [-0.2, 0) is 5.41 Å². The monoisotopic (exact) mass is 621 g/mol. The number of hydrogen-bond acceptors (Lipinski definition) is 5. The van der Waals surface area contributed by atoms with Crippen LogP contribution in [0.4, 0.5) is 0 Å². The highest BCUT2D eigenvalue weighted by Gasteiger charge is 2.35. The highest BCUT2D eigenvalue weighted by atomic mass is 16.4. The average Bonchev–Trinajstić information content (AvgIpc) is 3.37. The molecule has 0 saturated heterocycles. The van der Waals surface area contributed by atoms with E-state index in [2.05, 4.69) is 92.7 Å². The van der Waals surface area contributed by atoms with Crippen molar-refractivity contribution >= 4 is 12.6 Å². The Bertz CT molecular complexity index is 2270. The van der Waals surface area contributed by atoms with E-state index in [0.29, 0.717) is 22.9 Å². The molecule has 8 rings (SSSR count). The van der Waals surface area contributed by atoms with E-state index in [1.54, 1.807) is 12.1 Å². The summed E-state index contributed by atoms with van der Waals surface area (Å²) in [5.74, 6) is 1.83. The molecule has 0 unspecified atom stereocenters. The lowest BCUT2D eigenvalue weighted by Gasteiger charge is -2.21. The molecule has 0 radical (unpaired) electrons. The first-order valence-electron chi connectivity index (χ1n) is 16.1. The van der Waals surface area contributed by atoms with E-state index in [1.165, 1.54) is 22.3 Å². The van der Waals surface area contributed by atoms with Crippen LogP contribution < -0.4 is 5.46 Å². The molecule has 48 heavy (non-hydrogen) atoms. The lowest BCUT2D eigenvalue weighted by atomic mass is 9.80. The first kappa shape index (κ1) is 29.7. The van der Waals surface area contributed by atoms with Crippen molar-refractivity contribution < 1.29 is 10.0 Å². The van der Waals surface area contributed by atoms with Crippen LogP contribution in [0, 0.1) is 0 Å². The van der Waals surface area contributed by atoms with Crippen molar-refractivity contribution in [3.63, 3.8) is 0 Å². The molecule has 7 aromatic rings. The molecule has 6 heteroatoms. The zero-order valence-electron chi connectivity index (χ0n) is 26.7. The SMILES string of the molecule is CC1(C)c2ccccc2-c2ccc(-c3nc(-c4ccc(-c5ccccc5)cc4)nc(-c4ccc(-c5ccc(B(O)O)cc5)cc4)n3)cc21. The Morgan fingerprint density at radius 3 is 1.40 bits per heavy atom. The van der Waals surface area contributed by atoms with Crippen LogP contribution in [0.25, 0.3) is 67.5 Å². The minimum atomic E-state index is -1.49. The topological polar surface area (TPSA) is 79.1 Å². The molecule has 230 valence electrons. The molecule has 0 fully saturated rings. The Morgan fingerprint density at radius 1 is 0.417 bits per heavy atom. The molecular weight excluding hydrogens is 589 g/mol. The van der Waals surface area contributed by atoms with Gasteiger partial charge in [-0.05, 0) is 56.0 Å². The molecule has 1 aromatic heterocycles. The fraction of sp³-hybridized carbons (Fsp3) is 0.0714. The highest BCUT2D eigenvalue weighted by Crippen LogP contribution is 2.49. The van der Waals surface area contributed by atoms with Gasteiger partial charge in [-0.3, -0.25) is 0 Å². The van der Waals surface area contributed by atoms with Gasteiger partial charge in [0.25, 0.3) is 0 Å². The maximum atomic E-state index is 9.47. The van der Waals surface area contributed by atoms with Crippen LogP contribution in [0.15, 0.2) is 146 Å². The average molecular weight is 622 g/mol. The smallest absolute Gasteiger partial charge is 0.423 e. The number of benzene rings is 6. The van der Waals surface area contributed by atoms with Crippen LogP contribution in [0.5, 0.6) is 0 Å². The van der Waals surface area contributed by atoms with Crippen LogP contribution in [0.1, 0.15) is 25.0 Å². The summed E-state index contributed by atoms with van der Waals surface area (Å²) >= 11 is 0. The second-order valence-corrected chi connectivity index (χ2v) is 12.8. The summed E-state index contributed by atoms with van der Waals surface area (Å²) in [4.78, 5) is 15.1. The summed E-state index contributed by atoms with van der Waals surface area (Å²) in [6, 6.07) is 49.2. The van der Waals surface area contributed by atoms with Crippen LogP contribution in [-0.4, -0.2) is 32.1 Å². The van der Waals surface area contributed by atoms with Gasteiger partial charge in [-0.1, -0.05) is 153 Å². The molecule has 0 atom stereocenters. The maximum Gasteiger partial charge on any atom is 0.488 e. The summed E-state index contributed by atoms with van der Waals surface area (Å²) in [6.45, 7) is 4.56. The van der Waals surface area contributed by atoms with Crippen molar-refractivity contribution in [3.8, 4) is 67.5 Å². The molecule has 0 saturated carbocycles. The zero-order valence-corrected chi connectivity index (χ0v) is 26.7. The van der Waals surface area contributed by atoms with Gasteiger partial charge in [0.2, 0.25) is 0 Å². The Morgan fingerprint density at radius 2 is 0.833 bits per heavy atom. The van der Waals surface area contributed by atoms with Crippen molar-refractivity contribution in [2.45, 2.75) is 19.3 Å². The molecule has 1 aliphatic rings. The van der Waals surface area contributed by atoms with Gasteiger partial charge < -0.3 is 10.0 Å². The van der Waals surface area contributed by atoms with E-state index in [4.69, 9.17) is 15.0 Å². The summed E-state index contributed by atoms with van der Waals surface area (Å²) < 4.78 is 0. The minimum absolute atomic E-state index is 0.142. The summed E-state index contributed by atoms with van der Waals surface area (Å²) in [5, 5.41) is 18.9. The molecule has 0 spiro atoms. The van der Waals surface area contributed by atoms with Gasteiger partial charge in [0.15, 0.2) is 17.5 Å². The molecule has 0 bridgehead atoms. The second-order valence-electron chi connectivity index (χ2n) is 12.8. The lowest BCUT2D eigenvalue weighted by molar-refractivity contribution is 0.426. The highest BCUT2D eigenvalue weighted by molar-refractivity contribution is 6.58. The maximum absolute atomic E-state index is 9.47. The lowest BCUT2D eigenvalue weighted by Crippen LogP contribution is -2.29. The number of rotatable bonds is 6. The summed E-state index contributed by atoms with van der Waals surface area (Å²) in [6.07, 6.45) is 0. The van der Waals surface area contributed by atoms with Gasteiger partial charge in [-0.25, -0.2) is 15.0 Å². The van der Waals surface area contributed by atoms with Crippen molar-refractivity contribution in [1.82, 2.24) is 15.0 Å². The van der Waals surface area contributed by atoms with Gasteiger partial charge in [0, 0.05) is 22.1 Å². The Labute approximate surface area is 280 Å². The molecule has 1 heterocycles. The predicted octanol–water partition coefficient (Wildman–Crippen LogP) is 8.19. The first-order valence-corrected chi connectivity index (χ1v) is 16.1. The Kier molecular flexibility index (Phi) is 7.32. The van der Waals surface area contributed by atoms with Crippen LogP contribution in [0.3, 0.4) is 0 Å². The van der Waals surface area contributed by atoms with E-state index in [0.717, 1.165) is 38.9 Å². The van der Waals surface area contributed by atoms with Crippen molar-refractivity contribution in [3.05, 3.63) is 157 Å². The van der Waals surface area contributed by atoms with Crippen LogP contribution in [0.2, 0.25) is 0 Å². The molecule has 5 nitrogen and oxygen atoms in total. The van der Waals surface area contributed by atoms with Crippen molar-refractivity contribution in [1.29, 1.82) is 0 Å². The number of nitrogens with zero attached hydrogens (tertiary/aromatic N) is 3. The third-order valence-electron chi connectivity index (χ3n) is 9.41. The van der Waals surface area contributed by atoms with Gasteiger partial charge in [0.1, 0.15) is 0 Å². The van der Waals surface area contributed by atoms with Crippen molar-refractivity contribution in [2.75, 3.05) is 0 Å². The fourth-order valence-corrected chi connectivity index (χ4v) is 6.71. The second kappa shape index (κ2) is 11.8. The normalized spacial score (nSPS) is 12.8. The van der Waals surface area contributed by atoms with Crippen molar-refractivity contribution in [2.24, 2.45) is 0 Å². The zero-order chi connectivity index (χ0) is 32.8. The molecule has 2 N–H and O–H groups in total. The van der Waals surface area contributed by atoms with Gasteiger partial charge in [-0.2, -0.15) is 0 Å². The van der Waals surface area contributed by atoms with E-state index in [1.807, 2.05) is 54.6 Å². The van der Waals surface area contributed by atoms with Gasteiger partial charge >= 0.3 is 7.12 Å². The van der Waals surface area contributed by atoms with E-state index in [9.17, 15) is 10.0 Å². The third-order valence-corrected chi connectivity index (χ3v) is 9.41. The van der Waals surface area contributed by atoms with E-state index in [-0.39, 0.29) is 5.41 Å². The van der Waals surface area contributed by atoms with Gasteiger partial charge in [0.05, 0.1) is 0 Å². The predicted molar refractivity (Wildman–Crippen MR) is 194 cm³/mol. The molecule has 0 aliphatic heterocycles. The van der Waals surface area contributed by atoms with E-state index < -0.39 is 7.12 Å². The fourth-order valence-electron chi connectivity index (χ4n) is 6.71. The number of hydrogen-bond donors (Lipinski definition) is 2. The minimum Gasteiger partial charge on any atom is -0.423 e. The van der Waals surface area contributed by atoms with Crippen LogP contribution >= 0.6 is 0 Å². The number of aromatic nitrogens is 3. The van der Waals surface area contributed by atoms with Gasteiger partial charge in [-0.15, -0.1) is 0 Å².